The fourth-order valence-corrected chi connectivity index (χ4v) is 2.65. The summed E-state index contributed by atoms with van der Waals surface area (Å²) >= 11 is 0. The summed E-state index contributed by atoms with van der Waals surface area (Å²) in [6.45, 7) is -0.0230. The minimum atomic E-state index is -4.73. The zero-order chi connectivity index (χ0) is 15.9. The number of sulfonamides is 1. The Labute approximate surface area is 120 Å². The van der Waals surface area contributed by atoms with Crippen LogP contribution in [0.15, 0.2) is 23.1 Å². The molecule has 1 aliphatic carbocycles. The first kappa shape index (κ1) is 16.1. The van der Waals surface area contributed by atoms with Crippen molar-refractivity contribution in [2.24, 2.45) is 5.14 Å². The van der Waals surface area contributed by atoms with Crippen LogP contribution in [0.5, 0.6) is 0 Å². The molecule has 0 atom stereocenters. The largest absolute Gasteiger partial charge is 0.418 e. The van der Waals surface area contributed by atoms with Crippen molar-refractivity contribution < 1.29 is 26.7 Å². The van der Waals surface area contributed by atoms with Crippen LogP contribution in [-0.2, 0) is 16.2 Å². The van der Waals surface area contributed by atoms with E-state index in [1.54, 1.807) is 0 Å². The fraction of sp³-hybridized carbons (Fsp3) is 0.500. The number of hydrogen-bond donors (Lipinski definition) is 3. The summed E-state index contributed by atoms with van der Waals surface area (Å²) in [5.41, 5.74) is -2.41. The van der Waals surface area contributed by atoms with Crippen LogP contribution in [0, 0.1) is 0 Å². The summed E-state index contributed by atoms with van der Waals surface area (Å²) in [5, 5.41) is 17.3. The molecule has 0 aliphatic heterocycles. The SMILES string of the molecule is NS(=O)(=O)c1ccc(NCC2(O)CCC2)c(C(F)(F)F)c1. The van der Waals surface area contributed by atoms with E-state index in [4.69, 9.17) is 5.14 Å². The van der Waals surface area contributed by atoms with Crippen molar-refractivity contribution in [1.82, 2.24) is 0 Å². The molecule has 4 N–H and O–H groups in total. The van der Waals surface area contributed by atoms with Gasteiger partial charge in [-0.2, -0.15) is 13.2 Å². The Balaban J connectivity index is 2.32. The molecule has 118 valence electrons. The smallest absolute Gasteiger partial charge is 0.388 e. The van der Waals surface area contributed by atoms with E-state index < -0.39 is 32.3 Å². The second-order valence-corrected chi connectivity index (χ2v) is 6.74. The topological polar surface area (TPSA) is 92.4 Å². The van der Waals surface area contributed by atoms with Crippen LogP contribution in [0.3, 0.4) is 0 Å². The van der Waals surface area contributed by atoms with Crippen LogP contribution in [0.2, 0.25) is 0 Å². The third-order valence-corrected chi connectivity index (χ3v) is 4.43. The number of halogens is 3. The lowest BCUT2D eigenvalue weighted by molar-refractivity contribution is -0.137. The van der Waals surface area contributed by atoms with Gasteiger partial charge in [-0.15, -0.1) is 0 Å². The molecule has 2 rings (SSSR count). The van der Waals surface area contributed by atoms with E-state index in [-0.39, 0.29) is 12.2 Å². The molecular weight excluding hydrogens is 309 g/mol. The van der Waals surface area contributed by atoms with Gasteiger partial charge in [-0.05, 0) is 37.5 Å². The molecule has 0 saturated heterocycles. The normalized spacial score (nSPS) is 18.1. The standard InChI is InChI=1S/C12H15F3N2O3S/c13-12(14,15)9-6-8(21(16,19)20)2-3-10(9)17-7-11(18)4-1-5-11/h2-3,6,17-18H,1,4-5,7H2,(H2,16,19,20). The molecule has 21 heavy (non-hydrogen) atoms. The van der Waals surface area contributed by atoms with Gasteiger partial charge in [0.2, 0.25) is 10.0 Å². The predicted octanol–water partition coefficient (Wildman–Crippen LogP) is 1.68. The van der Waals surface area contributed by atoms with Gasteiger partial charge < -0.3 is 10.4 Å². The Bertz CT molecular complexity index is 640. The van der Waals surface area contributed by atoms with Gasteiger partial charge in [0, 0.05) is 12.2 Å². The van der Waals surface area contributed by atoms with Gasteiger partial charge in [0.1, 0.15) is 0 Å². The molecule has 0 amide bonds. The highest BCUT2D eigenvalue weighted by molar-refractivity contribution is 7.89. The second-order valence-electron chi connectivity index (χ2n) is 5.18. The summed E-state index contributed by atoms with van der Waals surface area (Å²) in [6.07, 6.45) is -2.85. The molecule has 0 bridgehead atoms. The average Bonchev–Trinajstić information content (AvgIpc) is 2.31. The number of nitrogens with one attached hydrogen (secondary N) is 1. The van der Waals surface area contributed by atoms with Crippen LogP contribution >= 0.6 is 0 Å². The van der Waals surface area contributed by atoms with E-state index in [1.165, 1.54) is 0 Å². The third-order valence-electron chi connectivity index (χ3n) is 3.52. The van der Waals surface area contributed by atoms with E-state index in [2.05, 4.69) is 5.32 Å². The Morgan fingerprint density at radius 2 is 1.95 bits per heavy atom. The molecule has 0 radical (unpaired) electrons. The van der Waals surface area contributed by atoms with Crippen molar-refractivity contribution in [1.29, 1.82) is 0 Å². The first-order valence-corrected chi connectivity index (χ1v) is 7.76. The van der Waals surface area contributed by atoms with Crippen molar-refractivity contribution in [3.8, 4) is 0 Å². The predicted molar refractivity (Wildman–Crippen MR) is 70.1 cm³/mol. The number of primary sulfonamides is 1. The molecule has 9 heteroatoms. The zero-order valence-corrected chi connectivity index (χ0v) is 11.8. The summed E-state index contributed by atoms with van der Waals surface area (Å²) in [7, 11) is -4.22. The van der Waals surface area contributed by atoms with E-state index in [9.17, 15) is 26.7 Å². The zero-order valence-electron chi connectivity index (χ0n) is 10.9. The lowest BCUT2D eigenvalue weighted by Crippen LogP contribution is -2.43. The lowest BCUT2D eigenvalue weighted by Gasteiger charge is -2.37. The Morgan fingerprint density at radius 1 is 1.33 bits per heavy atom. The molecule has 1 fully saturated rings. The van der Waals surface area contributed by atoms with Crippen molar-refractivity contribution in [2.45, 2.75) is 35.9 Å². The van der Waals surface area contributed by atoms with E-state index >= 15 is 0 Å². The number of hydrogen-bond acceptors (Lipinski definition) is 4. The maximum absolute atomic E-state index is 13.0. The number of benzene rings is 1. The van der Waals surface area contributed by atoms with E-state index in [0.29, 0.717) is 18.9 Å². The van der Waals surface area contributed by atoms with Crippen LogP contribution < -0.4 is 10.5 Å². The maximum Gasteiger partial charge on any atom is 0.418 e. The first-order valence-electron chi connectivity index (χ1n) is 6.22. The molecular formula is C12H15F3N2O3S. The van der Waals surface area contributed by atoms with Gasteiger partial charge >= 0.3 is 6.18 Å². The van der Waals surface area contributed by atoms with Crippen molar-refractivity contribution >= 4 is 15.7 Å². The van der Waals surface area contributed by atoms with E-state index in [0.717, 1.165) is 18.6 Å². The Morgan fingerprint density at radius 3 is 2.38 bits per heavy atom. The molecule has 0 aromatic heterocycles. The summed E-state index contributed by atoms with van der Waals surface area (Å²) < 4.78 is 61.3. The lowest BCUT2D eigenvalue weighted by atomic mass is 9.80. The molecule has 1 saturated carbocycles. The van der Waals surface area contributed by atoms with Crippen molar-refractivity contribution in [3.63, 3.8) is 0 Å². The van der Waals surface area contributed by atoms with Gasteiger partial charge in [-0.25, -0.2) is 13.6 Å². The summed E-state index contributed by atoms with van der Waals surface area (Å²) in [4.78, 5) is -0.609. The monoisotopic (exact) mass is 324 g/mol. The number of aliphatic hydroxyl groups is 1. The molecule has 1 aromatic rings. The van der Waals surface area contributed by atoms with Gasteiger partial charge in [0.05, 0.1) is 16.1 Å². The van der Waals surface area contributed by atoms with E-state index in [1.807, 2.05) is 0 Å². The second kappa shape index (κ2) is 5.15. The summed E-state index contributed by atoms with van der Waals surface area (Å²) in [6, 6.07) is 2.49. The molecule has 5 nitrogen and oxygen atoms in total. The molecule has 1 aromatic carbocycles. The molecule has 0 heterocycles. The maximum atomic E-state index is 13.0. The van der Waals surface area contributed by atoms with Gasteiger partial charge in [0.15, 0.2) is 0 Å². The van der Waals surface area contributed by atoms with Gasteiger partial charge in [-0.1, -0.05) is 0 Å². The third kappa shape index (κ3) is 3.66. The highest BCUT2D eigenvalue weighted by atomic mass is 32.2. The Hall–Kier alpha value is -1.32. The molecule has 1 aliphatic rings. The van der Waals surface area contributed by atoms with Gasteiger partial charge in [0.25, 0.3) is 0 Å². The van der Waals surface area contributed by atoms with Crippen molar-refractivity contribution in [2.75, 3.05) is 11.9 Å². The number of anilines is 1. The quantitative estimate of drug-likeness (QED) is 0.786. The van der Waals surface area contributed by atoms with Crippen LogP contribution in [0.25, 0.3) is 0 Å². The minimum Gasteiger partial charge on any atom is -0.388 e. The fourth-order valence-electron chi connectivity index (χ4n) is 2.11. The van der Waals surface area contributed by atoms with Crippen LogP contribution in [-0.4, -0.2) is 25.7 Å². The average molecular weight is 324 g/mol. The molecule has 0 spiro atoms. The van der Waals surface area contributed by atoms with Crippen LogP contribution in [0.1, 0.15) is 24.8 Å². The minimum absolute atomic E-state index is 0.0230. The molecule has 0 unspecified atom stereocenters. The van der Waals surface area contributed by atoms with Crippen molar-refractivity contribution in [3.05, 3.63) is 23.8 Å². The Kier molecular flexibility index (Phi) is 3.94. The first-order chi connectivity index (χ1) is 9.51. The highest BCUT2D eigenvalue weighted by Gasteiger charge is 2.37. The number of rotatable bonds is 4. The van der Waals surface area contributed by atoms with Gasteiger partial charge in [-0.3, -0.25) is 0 Å². The van der Waals surface area contributed by atoms with Crippen LogP contribution in [0.4, 0.5) is 18.9 Å². The summed E-state index contributed by atoms with van der Waals surface area (Å²) in [5.74, 6) is 0. The number of alkyl halides is 3. The number of nitrogens with two attached hydrogens (primary N) is 1. The highest BCUT2D eigenvalue weighted by Crippen LogP contribution is 2.37.